The molecule has 0 aliphatic heterocycles. The van der Waals surface area contributed by atoms with E-state index in [1.165, 1.54) is 0 Å². The maximum atomic E-state index is 12.0. The van der Waals surface area contributed by atoms with E-state index in [0.29, 0.717) is 11.5 Å². The number of hydrogen-bond acceptors (Lipinski definition) is 4. The molecule has 5 heteroatoms. The van der Waals surface area contributed by atoms with Gasteiger partial charge >= 0.3 is 0 Å². The van der Waals surface area contributed by atoms with Gasteiger partial charge in [-0.25, -0.2) is 0 Å². The third-order valence-electron chi connectivity index (χ3n) is 3.19. The highest BCUT2D eigenvalue weighted by Crippen LogP contribution is 2.24. The molecule has 1 amide bonds. The van der Waals surface area contributed by atoms with Crippen LogP contribution in [0.25, 0.3) is 0 Å². The van der Waals surface area contributed by atoms with Crippen LogP contribution in [0, 0.1) is 5.92 Å². The van der Waals surface area contributed by atoms with Crippen LogP contribution in [0.4, 0.5) is 0 Å². The van der Waals surface area contributed by atoms with Gasteiger partial charge in [-0.15, -0.1) is 0 Å². The maximum Gasteiger partial charge on any atom is 0.224 e. The predicted molar refractivity (Wildman–Crippen MR) is 77.1 cm³/mol. The number of benzene rings is 1. The van der Waals surface area contributed by atoms with E-state index in [0.717, 1.165) is 5.56 Å². The number of carbonyl (C=O) groups excluding carboxylic acids is 1. The molecule has 0 heterocycles. The third-order valence-corrected chi connectivity index (χ3v) is 3.19. The second-order valence-corrected chi connectivity index (χ2v) is 4.96. The van der Waals surface area contributed by atoms with Gasteiger partial charge in [-0.2, -0.15) is 0 Å². The Kier molecular flexibility index (Phi) is 6.31. The number of carbonyl (C=O) groups is 1. The normalized spacial score (nSPS) is 12.1. The molecule has 1 atom stereocenters. The van der Waals surface area contributed by atoms with E-state index in [1.54, 1.807) is 32.4 Å². The zero-order valence-corrected chi connectivity index (χ0v) is 12.5. The number of aliphatic hydroxyl groups excluding tert-OH is 1. The second kappa shape index (κ2) is 7.75. The summed E-state index contributed by atoms with van der Waals surface area (Å²) < 4.78 is 10.4. The van der Waals surface area contributed by atoms with Gasteiger partial charge in [0.05, 0.1) is 33.3 Å². The van der Waals surface area contributed by atoms with Crippen LogP contribution in [0.3, 0.4) is 0 Å². The Labute approximate surface area is 119 Å². The van der Waals surface area contributed by atoms with Gasteiger partial charge in [0.25, 0.3) is 0 Å². The van der Waals surface area contributed by atoms with E-state index in [9.17, 15) is 9.90 Å². The van der Waals surface area contributed by atoms with E-state index >= 15 is 0 Å². The monoisotopic (exact) mass is 281 g/mol. The summed E-state index contributed by atoms with van der Waals surface area (Å²) in [6.07, 6.45) is 0.205. The maximum absolute atomic E-state index is 12.0. The summed E-state index contributed by atoms with van der Waals surface area (Å²) >= 11 is 0. The number of amides is 1. The van der Waals surface area contributed by atoms with Crippen molar-refractivity contribution in [3.63, 3.8) is 0 Å². The molecule has 1 aromatic carbocycles. The fraction of sp³-hybridized carbons (Fsp3) is 0.533. The van der Waals surface area contributed by atoms with Crippen LogP contribution in [0.5, 0.6) is 11.5 Å². The molecule has 0 fully saturated rings. The van der Waals surface area contributed by atoms with E-state index in [4.69, 9.17) is 9.47 Å². The Morgan fingerprint density at radius 2 is 2.00 bits per heavy atom. The summed E-state index contributed by atoms with van der Waals surface area (Å²) in [5.74, 6) is 1.34. The van der Waals surface area contributed by atoms with Crippen molar-refractivity contribution >= 4 is 5.91 Å². The Bertz CT molecular complexity index is 445. The highest BCUT2D eigenvalue weighted by Gasteiger charge is 2.16. The fourth-order valence-electron chi connectivity index (χ4n) is 1.85. The lowest BCUT2D eigenvalue weighted by molar-refractivity contribution is -0.121. The number of ether oxygens (including phenoxy) is 2. The summed E-state index contributed by atoms with van der Waals surface area (Å²) in [5, 5.41) is 12.0. The van der Waals surface area contributed by atoms with Crippen molar-refractivity contribution in [2.24, 2.45) is 5.92 Å². The van der Waals surface area contributed by atoms with Crippen LogP contribution in [-0.4, -0.2) is 37.9 Å². The van der Waals surface area contributed by atoms with Crippen LogP contribution < -0.4 is 14.8 Å². The van der Waals surface area contributed by atoms with Gasteiger partial charge in [0.1, 0.15) is 11.5 Å². The first-order chi connectivity index (χ1) is 9.51. The number of nitrogens with one attached hydrogen (secondary N) is 1. The minimum absolute atomic E-state index is 0.0663. The van der Waals surface area contributed by atoms with Gasteiger partial charge in [-0.3, -0.25) is 4.79 Å². The Hall–Kier alpha value is -1.75. The average Bonchev–Trinajstić information content (AvgIpc) is 2.44. The summed E-state index contributed by atoms with van der Waals surface area (Å²) in [6.45, 7) is 3.84. The van der Waals surface area contributed by atoms with Crippen LogP contribution in [0.2, 0.25) is 0 Å². The Morgan fingerprint density at radius 3 is 2.50 bits per heavy atom. The minimum atomic E-state index is -0.230. The molecule has 0 aromatic heterocycles. The number of rotatable bonds is 7. The average molecular weight is 281 g/mol. The van der Waals surface area contributed by atoms with Crippen LogP contribution in [-0.2, 0) is 11.2 Å². The lowest BCUT2D eigenvalue weighted by Crippen LogP contribution is -2.41. The van der Waals surface area contributed by atoms with Crippen LogP contribution in [0.1, 0.15) is 19.4 Å². The zero-order chi connectivity index (χ0) is 15.1. The highest BCUT2D eigenvalue weighted by molar-refractivity contribution is 5.79. The molecule has 20 heavy (non-hydrogen) atoms. The van der Waals surface area contributed by atoms with Crippen molar-refractivity contribution in [1.29, 1.82) is 0 Å². The summed E-state index contributed by atoms with van der Waals surface area (Å²) in [4.78, 5) is 12.0. The molecular formula is C15H23NO4. The molecule has 2 N–H and O–H groups in total. The first kappa shape index (κ1) is 16.3. The van der Waals surface area contributed by atoms with E-state index < -0.39 is 0 Å². The summed E-state index contributed by atoms with van der Waals surface area (Å²) in [6, 6.07) is 5.11. The fourth-order valence-corrected chi connectivity index (χ4v) is 1.85. The second-order valence-electron chi connectivity index (χ2n) is 4.96. The minimum Gasteiger partial charge on any atom is -0.497 e. The van der Waals surface area contributed by atoms with E-state index in [-0.39, 0.29) is 30.9 Å². The molecule has 0 bridgehead atoms. The van der Waals surface area contributed by atoms with Crippen molar-refractivity contribution in [3.05, 3.63) is 23.8 Å². The standard InChI is InChI=1S/C15H23NO4/c1-10(2)13(9-17)16-15(18)7-11-5-6-12(19-3)8-14(11)20-4/h5-6,8,10,13,17H,7,9H2,1-4H3,(H,16,18). The lowest BCUT2D eigenvalue weighted by Gasteiger charge is -2.20. The summed E-state index contributed by atoms with van der Waals surface area (Å²) in [7, 11) is 3.14. The topological polar surface area (TPSA) is 67.8 Å². The van der Waals surface area contributed by atoms with E-state index in [2.05, 4.69) is 5.32 Å². The van der Waals surface area contributed by atoms with Crippen molar-refractivity contribution < 1.29 is 19.4 Å². The molecule has 1 rings (SSSR count). The molecule has 1 unspecified atom stereocenters. The largest absolute Gasteiger partial charge is 0.497 e. The van der Waals surface area contributed by atoms with Crippen molar-refractivity contribution in [2.45, 2.75) is 26.3 Å². The first-order valence-electron chi connectivity index (χ1n) is 6.63. The number of aliphatic hydroxyl groups is 1. The van der Waals surface area contributed by atoms with Gasteiger partial charge in [0.2, 0.25) is 5.91 Å². The van der Waals surface area contributed by atoms with Gasteiger partial charge in [0.15, 0.2) is 0 Å². The Morgan fingerprint density at radius 1 is 1.30 bits per heavy atom. The van der Waals surface area contributed by atoms with Crippen molar-refractivity contribution in [2.75, 3.05) is 20.8 Å². The number of hydrogen-bond donors (Lipinski definition) is 2. The van der Waals surface area contributed by atoms with Gasteiger partial charge in [0, 0.05) is 11.6 Å². The smallest absolute Gasteiger partial charge is 0.224 e. The SMILES string of the molecule is COc1ccc(CC(=O)NC(CO)C(C)C)c(OC)c1. The third kappa shape index (κ3) is 4.42. The molecular weight excluding hydrogens is 258 g/mol. The molecule has 112 valence electrons. The molecule has 0 saturated carbocycles. The molecule has 5 nitrogen and oxygen atoms in total. The van der Waals surface area contributed by atoms with Crippen molar-refractivity contribution in [1.82, 2.24) is 5.32 Å². The van der Waals surface area contributed by atoms with Gasteiger partial charge in [-0.1, -0.05) is 19.9 Å². The molecule has 0 radical (unpaired) electrons. The molecule has 0 aliphatic carbocycles. The highest BCUT2D eigenvalue weighted by atomic mass is 16.5. The molecule has 0 aliphatic rings. The first-order valence-corrected chi connectivity index (χ1v) is 6.63. The summed E-state index contributed by atoms with van der Waals surface area (Å²) in [5.41, 5.74) is 0.784. The van der Waals surface area contributed by atoms with Crippen molar-refractivity contribution in [3.8, 4) is 11.5 Å². The zero-order valence-electron chi connectivity index (χ0n) is 12.5. The van der Waals surface area contributed by atoms with E-state index in [1.807, 2.05) is 13.8 Å². The number of methoxy groups -OCH3 is 2. The Balaban J connectivity index is 2.75. The van der Waals surface area contributed by atoms with Crippen LogP contribution in [0.15, 0.2) is 18.2 Å². The lowest BCUT2D eigenvalue weighted by atomic mass is 10.0. The predicted octanol–water partition coefficient (Wildman–Crippen LogP) is 1.38. The molecule has 1 aromatic rings. The molecule has 0 saturated heterocycles. The molecule has 0 spiro atoms. The van der Waals surface area contributed by atoms with Crippen LogP contribution >= 0.6 is 0 Å². The van der Waals surface area contributed by atoms with Gasteiger partial charge < -0.3 is 19.9 Å². The quantitative estimate of drug-likeness (QED) is 0.792. The van der Waals surface area contributed by atoms with Gasteiger partial charge in [-0.05, 0) is 12.0 Å².